The molecule has 2 aliphatic heterocycles. The summed E-state index contributed by atoms with van der Waals surface area (Å²) in [4.78, 5) is 19.8. The van der Waals surface area contributed by atoms with Crippen molar-refractivity contribution in [2.24, 2.45) is 5.92 Å². The van der Waals surface area contributed by atoms with Gasteiger partial charge in [0.05, 0.1) is 25.4 Å². The molecule has 6 heteroatoms. The molecule has 132 valence electrons. The van der Waals surface area contributed by atoms with Gasteiger partial charge in [0.1, 0.15) is 11.5 Å². The number of methoxy groups -OCH3 is 1. The monoisotopic (exact) mass is 333 g/mol. The van der Waals surface area contributed by atoms with Crippen molar-refractivity contribution in [1.82, 2.24) is 14.5 Å². The van der Waals surface area contributed by atoms with E-state index < -0.39 is 0 Å². The van der Waals surface area contributed by atoms with E-state index in [9.17, 15) is 4.79 Å². The summed E-state index contributed by atoms with van der Waals surface area (Å²) < 4.78 is 13.5. The Bertz CT molecular complexity index is 577. The van der Waals surface area contributed by atoms with Gasteiger partial charge in [0.2, 0.25) is 0 Å². The van der Waals surface area contributed by atoms with Crippen molar-refractivity contribution in [2.75, 3.05) is 26.9 Å². The number of fused-ring (bicyclic) bond motifs is 1. The summed E-state index contributed by atoms with van der Waals surface area (Å²) in [6.45, 7) is 2.86. The summed E-state index contributed by atoms with van der Waals surface area (Å²) in [5.41, 5.74) is 0.603. The number of imidazole rings is 1. The zero-order chi connectivity index (χ0) is 16.5. The largest absolute Gasteiger partial charge is 0.381 e. The standard InChI is InChI=1S/C18H27N3O3/c1-23-16-6-4-5-13(16)15-12-24-10-9-21(15)18(22)14-11-20-8-3-2-7-17(20)19-14/h11,13,15-16H,2-10,12H2,1H3/t13-,15+,16-/m1/s1. The average Bonchev–Trinajstić information content (AvgIpc) is 3.27. The van der Waals surface area contributed by atoms with E-state index in [-0.39, 0.29) is 18.1 Å². The van der Waals surface area contributed by atoms with Gasteiger partial charge in [-0.15, -0.1) is 0 Å². The molecule has 0 radical (unpaired) electrons. The summed E-state index contributed by atoms with van der Waals surface area (Å²) in [7, 11) is 1.78. The summed E-state index contributed by atoms with van der Waals surface area (Å²) in [6, 6.07) is 0.109. The lowest BCUT2D eigenvalue weighted by Crippen LogP contribution is -2.53. The van der Waals surface area contributed by atoms with E-state index in [1.165, 1.54) is 19.3 Å². The highest BCUT2D eigenvalue weighted by Gasteiger charge is 2.41. The Kier molecular flexibility index (Phi) is 4.59. The number of hydrogen-bond acceptors (Lipinski definition) is 4. The second kappa shape index (κ2) is 6.84. The van der Waals surface area contributed by atoms with Crippen LogP contribution in [-0.4, -0.2) is 59.4 Å². The minimum absolute atomic E-state index is 0.0620. The third-order valence-electron chi connectivity index (χ3n) is 5.85. The molecule has 1 amide bonds. The topological polar surface area (TPSA) is 56.6 Å². The molecule has 4 rings (SSSR count). The maximum atomic E-state index is 13.1. The fourth-order valence-electron chi connectivity index (χ4n) is 4.58. The number of morpholine rings is 1. The average molecular weight is 333 g/mol. The molecule has 3 aliphatic rings. The first-order valence-corrected chi connectivity index (χ1v) is 9.25. The molecule has 3 atom stereocenters. The van der Waals surface area contributed by atoms with Crippen LogP contribution in [0.3, 0.4) is 0 Å². The van der Waals surface area contributed by atoms with Crippen molar-refractivity contribution < 1.29 is 14.3 Å². The molecule has 1 saturated heterocycles. The van der Waals surface area contributed by atoms with Crippen LogP contribution in [-0.2, 0) is 22.4 Å². The van der Waals surface area contributed by atoms with Gasteiger partial charge >= 0.3 is 0 Å². The maximum absolute atomic E-state index is 13.1. The van der Waals surface area contributed by atoms with Gasteiger partial charge in [0, 0.05) is 38.7 Å². The number of aromatic nitrogens is 2. The number of hydrogen-bond donors (Lipinski definition) is 0. The van der Waals surface area contributed by atoms with Gasteiger partial charge in [0.15, 0.2) is 0 Å². The lowest BCUT2D eigenvalue weighted by molar-refractivity contribution is -0.0462. The number of amides is 1. The van der Waals surface area contributed by atoms with Crippen LogP contribution >= 0.6 is 0 Å². The molecule has 0 N–H and O–H groups in total. The second-order valence-electron chi connectivity index (χ2n) is 7.20. The van der Waals surface area contributed by atoms with Gasteiger partial charge in [-0.25, -0.2) is 4.98 Å². The second-order valence-corrected chi connectivity index (χ2v) is 7.20. The molecule has 24 heavy (non-hydrogen) atoms. The zero-order valence-corrected chi connectivity index (χ0v) is 14.4. The van der Waals surface area contributed by atoms with Crippen molar-refractivity contribution in [3.63, 3.8) is 0 Å². The SMILES string of the molecule is CO[C@@H]1CCC[C@@H]1[C@@H]1COCCN1C(=O)c1cn2c(n1)CCCC2. The zero-order valence-electron chi connectivity index (χ0n) is 14.4. The van der Waals surface area contributed by atoms with Crippen LogP contribution in [0, 0.1) is 5.92 Å². The van der Waals surface area contributed by atoms with E-state index in [1.807, 2.05) is 11.1 Å². The number of carbonyl (C=O) groups excluding carboxylic acids is 1. The molecule has 0 aromatic carbocycles. The van der Waals surface area contributed by atoms with Crippen LogP contribution in [0.25, 0.3) is 0 Å². The molecule has 6 nitrogen and oxygen atoms in total. The fraction of sp³-hybridized carbons (Fsp3) is 0.778. The Morgan fingerprint density at radius 3 is 3.04 bits per heavy atom. The Balaban J connectivity index is 1.55. The van der Waals surface area contributed by atoms with Gasteiger partial charge in [0.25, 0.3) is 5.91 Å². The number of carbonyl (C=O) groups is 1. The first-order chi connectivity index (χ1) is 11.8. The summed E-state index contributed by atoms with van der Waals surface area (Å²) in [5.74, 6) is 1.49. The van der Waals surface area contributed by atoms with Crippen molar-refractivity contribution in [3.8, 4) is 0 Å². The highest BCUT2D eigenvalue weighted by atomic mass is 16.5. The molecular formula is C18H27N3O3. The summed E-state index contributed by atoms with van der Waals surface area (Å²) >= 11 is 0. The molecule has 1 aromatic heterocycles. The smallest absolute Gasteiger partial charge is 0.274 e. The molecule has 0 spiro atoms. The van der Waals surface area contributed by atoms with Crippen molar-refractivity contribution in [1.29, 1.82) is 0 Å². The van der Waals surface area contributed by atoms with Crippen LogP contribution < -0.4 is 0 Å². The number of ether oxygens (including phenoxy) is 2. The first-order valence-electron chi connectivity index (χ1n) is 9.25. The van der Waals surface area contributed by atoms with Crippen LogP contribution in [0.5, 0.6) is 0 Å². The van der Waals surface area contributed by atoms with E-state index in [2.05, 4.69) is 9.55 Å². The predicted molar refractivity (Wildman–Crippen MR) is 88.9 cm³/mol. The molecule has 1 aromatic rings. The lowest BCUT2D eigenvalue weighted by atomic mass is 9.94. The highest BCUT2D eigenvalue weighted by Crippen LogP contribution is 2.34. The van der Waals surface area contributed by atoms with E-state index in [4.69, 9.17) is 9.47 Å². The van der Waals surface area contributed by atoms with Crippen molar-refractivity contribution in [2.45, 2.75) is 57.2 Å². The van der Waals surface area contributed by atoms with E-state index in [0.717, 1.165) is 31.6 Å². The molecular weight excluding hydrogens is 306 g/mol. The van der Waals surface area contributed by atoms with E-state index >= 15 is 0 Å². The molecule has 0 bridgehead atoms. The molecule has 3 heterocycles. The van der Waals surface area contributed by atoms with Crippen LogP contribution in [0.2, 0.25) is 0 Å². The molecule has 0 unspecified atom stereocenters. The Morgan fingerprint density at radius 1 is 1.29 bits per heavy atom. The predicted octanol–water partition coefficient (Wildman–Crippen LogP) is 1.88. The quantitative estimate of drug-likeness (QED) is 0.847. The van der Waals surface area contributed by atoms with Crippen LogP contribution in [0.1, 0.15) is 48.4 Å². The van der Waals surface area contributed by atoms with E-state index in [1.54, 1.807) is 7.11 Å². The van der Waals surface area contributed by atoms with Gasteiger partial charge in [-0.2, -0.15) is 0 Å². The number of rotatable bonds is 3. The minimum Gasteiger partial charge on any atom is -0.381 e. The fourth-order valence-corrected chi connectivity index (χ4v) is 4.58. The molecule has 1 saturated carbocycles. The third-order valence-corrected chi connectivity index (χ3v) is 5.85. The van der Waals surface area contributed by atoms with Gasteiger partial charge in [-0.1, -0.05) is 6.42 Å². The summed E-state index contributed by atoms with van der Waals surface area (Å²) in [5, 5.41) is 0. The van der Waals surface area contributed by atoms with Crippen LogP contribution in [0.4, 0.5) is 0 Å². The molecule has 1 aliphatic carbocycles. The van der Waals surface area contributed by atoms with E-state index in [0.29, 0.717) is 31.4 Å². The lowest BCUT2D eigenvalue weighted by Gasteiger charge is -2.40. The number of aryl methyl sites for hydroxylation is 2. The summed E-state index contributed by atoms with van der Waals surface area (Å²) in [6.07, 6.45) is 8.87. The van der Waals surface area contributed by atoms with Gasteiger partial charge < -0.3 is 18.9 Å². The normalized spacial score (nSPS) is 30.4. The Morgan fingerprint density at radius 2 is 2.21 bits per heavy atom. The van der Waals surface area contributed by atoms with Crippen LogP contribution in [0.15, 0.2) is 6.20 Å². The molecule has 2 fully saturated rings. The Hall–Kier alpha value is -1.40. The highest BCUT2D eigenvalue weighted by molar-refractivity contribution is 5.92. The van der Waals surface area contributed by atoms with Gasteiger partial charge in [-0.3, -0.25) is 4.79 Å². The van der Waals surface area contributed by atoms with Crippen molar-refractivity contribution in [3.05, 3.63) is 17.7 Å². The first kappa shape index (κ1) is 16.1. The van der Waals surface area contributed by atoms with Crippen molar-refractivity contribution >= 4 is 5.91 Å². The Labute approximate surface area is 143 Å². The maximum Gasteiger partial charge on any atom is 0.274 e. The van der Waals surface area contributed by atoms with Gasteiger partial charge in [-0.05, 0) is 25.7 Å². The third kappa shape index (κ3) is 2.86. The number of nitrogens with zero attached hydrogens (tertiary/aromatic N) is 3. The minimum atomic E-state index is 0.0620.